The number of rotatable bonds is 12. The predicted octanol–water partition coefficient (Wildman–Crippen LogP) is 4.69. The van der Waals surface area contributed by atoms with Crippen LogP contribution in [0, 0.1) is 6.92 Å². The predicted molar refractivity (Wildman–Crippen MR) is 139 cm³/mol. The third-order valence-corrected chi connectivity index (χ3v) is 7.93. The normalized spacial score (nSPS) is 13.6. The van der Waals surface area contributed by atoms with Crippen LogP contribution in [0.1, 0.15) is 49.4 Å². The summed E-state index contributed by atoms with van der Waals surface area (Å²) >= 11 is 0. The van der Waals surface area contributed by atoms with Gasteiger partial charge in [0.2, 0.25) is 10.0 Å². The average molecular weight is 514 g/mol. The molecule has 0 saturated carbocycles. The minimum atomic E-state index is -3.87. The van der Waals surface area contributed by atoms with Crippen LogP contribution in [-0.4, -0.2) is 48.3 Å². The molecule has 1 aromatic heterocycles. The van der Waals surface area contributed by atoms with Gasteiger partial charge in [0.05, 0.1) is 20.3 Å². The molecule has 0 radical (unpaired) electrons. The molecule has 0 fully saturated rings. The lowest BCUT2D eigenvalue weighted by Crippen LogP contribution is -2.41. The molecule has 2 atom stereocenters. The largest absolute Gasteiger partial charge is 0.497 e. The Hall–Kier alpha value is -3.01. The Morgan fingerprint density at radius 1 is 0.806 bits per heavy atom. The fourth-order valence-corrected chi connectivity index (χ4v) is 5.35. The van der Waals surface area contributed by atoms with E-state index in [1.165, 1.54) is 4.31 Å². The number of benzene rings is 2. The average Bonchev–Trinajstić information content (AvgIpc) is 2.87. The fourth-order valence-electron chi connectivity index (χ4n) is 3.72. The Bertz CT molecular complexity index is 1150. The number of aryl methyl sites for hydroxylation is 1. The van der Waals surface area contributed by atoms with Gasteiger partial charge in [0.1, 0.15) is 22.9 Å². The van der Waals surface area contributed by atoms with E-state index in [4.69, 9.17) is 14.2 Å². The zero-order valence-corrected chi connectivity index (χ0v) is 22.5. The molecule has 2 aromatic carbocycles. The van der Waals surface area contributed by atoms with E-state index in [1.54, 1.807) is 33.5 Å². The van der Waals surface area contributed by atoms with E-state index in [2.05, 4.69) is 9.97 Å². The number of hydrogen-bond donors (Lipinski definition) is 0. The first-order valence-corrected chi connectivity index (χ1v) is 13.3. The zero-order chi connectivity index (χ0) is 26.3. The highest BCUT2D eigenvalue weighted by molar-refractivity contribution is 7.89. The molecule has 9 heteroatoms. The van der Waals surface area contributed by atoms with Crippen LogP contribution in [0.15, 0.2) is 60.9 Å². The van der Waals surface area contributed by atoms with Crippen molar-refractivity contribution < 1.29 is 22.6 Å². The van der Waals surface area contributed by atoms with Crippen molar-refractivity contribution in [2.75, 3.05) is 14.2 Å². The van der Waals surface area contributed by atoms with E-state index >= 15 is 0 Å². The molecule has 0 unspecified atom stereocenters. The van der Waals surface area contributed by atoms with Crippen molar-refractivity contribution in [3.63, 3.8) is 0 Å². The van der Waals surface area contributed by atoms with Gasteiger partial charge in [0.15, 0.2) is 5.82 Å². The van der Waals surface area contributed by atoms with E-state index in [1.807, 2.05) is 69.3 Å². The molecular formula is C27H35N3O5S. The summed E-state index contributed by atoms with van der Waals surface area (Å²) in [5, 5.41) is -0.931. The van der Waals surface area contributed by atoms with Gasteiger partial charge in [-0.1, -0.05) is 24.3 Å². The third kappa shape index (κ3) is 7.02. The van der Waals surface area contributed by atoms with Gasteiger partial charge in [-0.05, 0) is 68.7 Å². The van der Waals surface area contributed by atoms with E-state index in [9.17, 15) is 8.42 Å². The van der Waals surface area contributed by atoms with Crippen molar-refractivity contribution in [1.29, 1.82) is 0 Å². The SMILES string of the molecule is COc1ccc(CN(Cc2ccc(OC)cc2)S(=O)(=O)[C@@H](C)[C@@H](OC(C)C)c2ncc(C)cn2)cc1. The van der Waals surface area contributed by atoms with Crippen molar-refractivity contribution in [2.24, 2.45) is 0 Å². The summed E-state index contributed by atoms with van der Waals surface area (Å²) in [6.07, 6.45) is 2.30. The van der Waals surface area contributed by atoms with Gasteiger partial charge < -0.3 is 14.2 Å². The van der Waals surface area contributed by atoms with Crippen molar-refractivity contribution >= 4 is 10.0 Å². The first-order valence-electron chi connectivity index (χ1n) is 11.8. The molecule has 8 nitrogen and oxygen atoms in total. The number of sulfonamides is 1. The zero-order valence-electron chi connectivity index (χ0n) is 21.7. The van der Waals surface area contributed by atoms with Gasteiger partial charge in [-0.2, -0.15) is 4.31 Å². The highest BCUT2D eigenvalue weighted by Gasteiger charge is 2.38. The molecule has 1 heterocycles. The summed E-state index contributed by atoms with van der Waals surface area (Å²) in [5.74, 6) is 1.76. The van der Waals surface area contributed by atoms with Crippen LogP contribution in [0.4, 0.5) is 0 Å². The molecular weight excluding hydrogens is 478 g/mol. The van der Waals surface area contributed by atoms with E-state index in [-0.39, 0.29) is 19.2 Å². The monoisotopic (exact) mass is 513 g/mol. The van der Waals surface area contributed by atoms with E-state index in [0.29, 0.717) is 17.3 Å². The second-order valence-electron chi connectivity index (χ2n) is 8.94. The van der Waals surface area contributed by atoms with Crippen LogP contribution in [0.25, 0.3) is 0 Å². The minimum absolute atomic E-state index is 0.186. The Kier molecular flexibility index (Phi) is 9.42. The maximum atomic E-state index is 14.1. The summed E-state index contributed by atoms with van der Waals surface area (Å²) < 4.78 is 46.2. The van der Waals surface area contributed by atoms with Crippen LogP contribution < -0.4 is 9.47 Å². The Labute approximate surface area is 214 Å². The summed E-state index contributed by atoms with van der Waals surface area (Å²) in [7, 11) is -0.673. The van der Waals surface area contributed by atoms with Gasteiger partial charge in [-0.15, -0.1) is 0 Å². The first kappa shape index (κ1) is 27.6. The summed E-state index contributed by atoms with van der Waals surface area (Å²) in [6.45, 7) is 7.64. The highest BCUT2D eigenvalue weighted by atomic mass is 32.2. The van der Waals surface area contributed by atoms with Crippen LogP contribution in [-0.2, 0) is 27.8 Å². The summed E-state index contributed by atoms with van der Waals surface area (Å²) in [5.41, 5.74) is 2.57. The van der Waals surface area contributed by atoms with Crippen LogP contribution in [0.5, 0.6) is 11.5 Å². The standard InChI is InChI=1S/C27H35N3O5S/c1-19(2)35-26(27-28-15-20(3)16-29-27)21(4)36(31,32)30(17-22-7-11-24(33-5)12-8-22)18-23-9-13-25(34-6)14-10-23/h7-16,19,21,26H,17-18H2,1-6H3/t21-,26+/m0/s1. The molecule has 0 aliphatic carbocycles. The number of ether oxygens (including phenoxy) is 3. The fraction of sp³-hybridized carbons (Fsp3) is 0.407. The van der Waals surface area contributed by atoms with Gasteiger partial charge in [-0.3, -0.25) is 0 Å². The molecule has 0 bridgehead atoms. The van der Waals surface area contributed by atoms with Crippen LogP contribution >= 0.6 is 0 Å². The number of hydrogen-bond acceptors (Lipinski definition) is 7. The third-order valence-electron chi connectivity index (χ3n) is 5.77. The van der Waals surface area contributed by atoms with Crippen molar-refractivity contribution in [3.05, 3.63) is 83.4 Å². The lowest BCUT2D eigenvalue weighted by molar-refractivity contribution is 0.000552. The van der Waals surface area contributed by atoms with Crippen molar-refractivity contribution in [2.45, 2.75) is 58.2 Å². The molecule has 0 amide bonds. The molecule has 0 aliphatic rings. The van der Waals surface area contributed by atoms with E-state index in [0.717, 1.165) is 16.7 Å². The van der Waals surface area contributed by atoms with Crippen LogP contribution in [0.2, 0.25) is 0 Å². The maximum absolute atomic E-state index is 14.1. The molecule has 36 heavy (non-hydrogen) atoms. The van der Waals surface area contributed by atoms with Gasteiger partial charge in [-0.25, -0.2) is 18.4 Å². The van der Waals surface area contributed by atoms with Gasteiger partial charge in [0.25, 0.3) is 0 Å². The van der Waals surface area contributed by atoms with Crippen molar-refractivity contribution in [3.8, 4) is 11.5 Å². The molecule has 0 N–H and O–H groups in total. The Morgan fingerprint density at radius 2 is 1.25 bits per heavy atom. The summed E-state index contributed by atoms with van der Waals surface area (Å²) in [4.78, 5) is 8.77. The topological polar surface area (TPSA) is 90.9 Å². The number of nitrogens with zero attached hydrogens (tertiary/aromatic N) is 3. The quantitative estimate of drug-likeness (QED) is 0.347. The van der Waals surface area contributed by atoms with Gasteiger partial charge in [0, 0.05) is 25.5 Å². The molecule has 3 rings (SSSR count). The molecule has 0 saturated heterocycles. The lowest BCUT2D eigenvalue weighted by Gasteiger charge is -2.31. The molecule has 0 spiro atoms. The van der Waals surface area contributed by atoms with E-state index < -0.39 is 21.4 Å². The number of aromatic nitrogens is 2. The Balaban J connectivity index is 1.98. The second kappa shape index (κ2) is 12.3. The smallest absolute Gasteiger partial charge is 0.220 e. The molecule has 3 aromatic rings. The molecule has 194 valence electrons. The number of methoxy groups -OCH3 is 2. The summed E-state index contributed by atoms with van der Waals surface area (Å²) in [6, 6.07) is 14.7. The molecule has 0 aliphatic heterocycles. The highest BCUT2D eigenvalue weighted by Crippen LogP contribution is 2.29. The minimum Gasteiger partial charge on any atom is -0.497 e. The van der Waals surface area contributed by atoms with Gasteiger partial charge >= 0.3 is 0 Å². The second-order valence-corrected chi connectivity index (χ2v) is 11.2. The lowest BCUT2D eigenvalue weighted by atomic mass is 10.2. The van der Waals surface area contributed by atoms with Crippen LogP contribution in [0.3, 0.4) is 0 Å². The first-order chi connectivity index (χ1) is 17.1. The maximum Gasteiger partial charge on any atom is 0.220 e. The van der Waals surface area contributed by atoms with Crippen molar-refractivity contribution in [1.82, 2.24) is 14.3 Å². The Morgan fingerprint density at radius 3 is 1.64 bits per heavy atom.